The Balaban J connectivity index is 0.000000347. The number of nitrogens with zero attached hydrogens (tertiary/aromatic N) is 1. The lowest BCUT2D eigenvalue weighted by Crippen LogP contribution is -2.14. The Morgan fingerprint density at radius 1 is 0.900 bits per heavy atom. The van der Waals surface area contributed by atoms with Gasteiger partial charge in [0.15, 0.2) is 0 Å². The van der Waals surface area contributed by atoms with Gasteiger partial charge in [-0.15, -0.1) is 0 Å². The molecule has 2 rings (SSSR count). The summed E-state index contributed by atoms with van der Waals surface area (Å²) in [7, 11) is -0.0223. The van der Waals surface area contributed by atoms with Crippen molar-refractivity contribution in [2.75, 3.05) is 14.1 Å². The number of rotatable bonds is 3. The van der Waals surface area contributed by atoms with Crippen molar-refractivity contribution >= 4 is 24.4 Å². The molecule has 20 heavy (non-hydrogen) atoms. The first-order valence-corrected chi connectivity index (χ1v) is 7.70. The van der Waals surface area contributed by atoms with Crippen LogP contribution in [0.4, 0.5) is 0 Å². The Bertz CT molecular complexity index is 527. The largest absolute Gasteiger partial charge is 0.351 e. The second-order valence-electron chi connectivity index (χ2n) is 4.32. The van der Waals surface area contributed by atoms with Crippen LogP contribution in [0.3, 0.4) is 0 Å². The summed E-state index contributed by atoms with van der Waals surface area (Å²) in [6, 6.07) is 17.4. The van der Waals surface area contributed by atoms with Gasteiger partial charge in [-0.2, -0.15) is 0 Å². The Hall–Kier alpha value is -1.90. The maximum atomic E-state index is 12.2. The molecule has 2 aromatic carbocycles. The maximum absolute atomic E-state index is 12.2. The highest BCUT2D eigenvalue weighted by atomic mass is 31.2. The van der Waals surface area contributed by atoms with Crippen LogP contribution in [0.15, 0.2) is 60.7 Å². The highest BCUT2D eigenvalue weighted by Gasteiger charge is 2.22. The van der Waals surface area contributed by atoms with E-state index >= 15 is 0 Å². The minimum atomic E-state index is -3.40. The zero-order chi connectivity index (χ0) is 15.0. The van der Waals surface area contributed by atoms with Gasteiger partial charge in [0, 0.05) is 24.7 Å². The van der Waals surface area contributed by atoms with E-state index in [4.69, 9.17) is 0 Å². The van der Waals surface area contributed by atoms with E-state index in [1.165, 1.54) is 4.90 Å². The van der Waals surface area contributed by atoms with Gasteiger partial charge in [0.25, 0.3) is 7.37 Å². The number of carbonyl (C=O) groups excluding carboxylic acids is 1. The van der Waals surface area contributed by atoms with Crippen LogP contribution in [0.5, 0.6) is 0 Å². The first-order chi connectivity index (χ1) is 9.48. The van der Waals surface area contributed by atoms with Gasteiger partial charge >= 0.3 is 0 Å². The van der Waals surface area contributed by atoms with Crippen LogP contribution < -0.4 is 10.6 Å². The fraction of sp³-hybridized carbons (Fsp3) is 0.133. The monoisotopic (exact) mass is 291 g/mol. The number of hydrogen-bond acceptors (Lipinski definition) is 2. The third-order valence-corrected chi connectivity index (χ3v) is 4.42. The third-order valence-electron chi connectivity index (χ3n) is 2.42. The van der Waals surface area contributed by atoms with E-state index in [0.29, 0.717) is 10.6 Å². The molecule has 0 aliphatic carbocycles. The van der Waals surface area contributed by atoms with Gasteiger partial charge in [-0.1, -0.05) is 36.4 Å². The molecule has 0 radical (unpaired) electrons. The van der Waals surface area contributed by atoms with E-state index in [9.17, 15) is 14.3 Å². The molecular weight excluding hydrogens is 273 g/mol. The minimum absolute atomic E-state index is 0.469. The van der Waals surface area contributed by atoms with Crippen LogP contribution in [-0.2, 0) is 9.36 Å². The summed E-state index contributed by atoms with van der Waals surface area (Å²) in [4.78, 5) is 20.9. The van der Waals surface area contributed by atoms with Crippen molar-refractivity contribution in [2.24, 2.45) is 0 Å². The molecule has 0 unspecified atom stereocenters. The molecule has 0 saturated carbocycles. The first-order valence-electron chi connectivity index (χ1n) is 6.04. The normalized spacial score (nSPS) is 10.2. The maximum Gasteiger partial charge on any atom is 0.258 e. The van der Waals surface area contributed by atoms with Crippen molar-refractivity contribution < 1.29 is 14.3 Å². The standard InChI is InChI=1S/C12H11O2P.C3H7NO/c13-15(14,11-7-3-1-4-8-11)12-9-5-2-6-10-12;1-4(2)3-5/h1-10H,(H,13,14);3H,1-2H3. The molecule has 0 fully saturated rings. The Kier molecular flexibility index (Phi) is 6.16. The van der Waals surface area contributed by atoms with E-state index in [0.717, 1.165) is 6.41 Å². The van der Waals surface area contributed by atoms with Gasteiger partial charge < -0.3 is 9.79 Å². The Morgan fingerprint density at radius 3 is 1.45 bits per heavy atom. The Morgan fingerprint density at radius 2 is 1.20 bits per heavy atom. The van der Waals surface area contributed by atoms with Crippen LogP contribution in [0.1, 0.15) is 0 Å². The van der Waals surface area contributed by atoms with Gasteiger partial charge in [-0.05, 0) is 24.3 Å². The van der Waals surface area contributed by atoms with Crippen molar-refractivity contribution in [1.29, 1.82) is 0 Å². The molecule has 0 spiro atoms. The molecule has 0 atom stereocenters. The Labute approximate surface area is 119 Å². The van der Waals surface area contributed by atoms with Crippen LogP contribution in [0, 0.1) is 0 Å². The van der Waals surface area contributed by atoms with Crippen molar-refractivity contribution in [2.45, 2.75) is 0 Å². The number of carbonyl (C=O) groups is 1. The summed E-state index contributed by atoms with van der Waals surface area (Å²) >= 11 is 0. The quantitative estimate of drug-likeness (QED) is 0.690. The lowest BCUT2D eigenvalue weighted by atomic mass is 10.4. The van der Waals surface area contributed by atoms with E-state index in [1.807, 2.05) is 12.1 Å². The van der Waals surface area contributed by atoms with Crippen molar-refractivity contribution in [3.8, 4) is 0 Å². The predicted molar refractivity (Wildman–Crippen MR) is 81.7 cm³/mol. The average molecular weight is 291 g/mol. The molecule has 0 saturated heterocycles. The summed E-state index contributed by atoms with van der Waals surface area (Å²) in [6.07, 6.45) is 0.750. The van der Waals surface area contributed by atoms with Gasteiger partial charge in [-0.3, -0.25) is 9.36 Å². The predicted octanol–water partition coefficient (Wildman–Crippen LogP) is 1.61. The van der Waals surface area contributed by atoms with Gasteiger partial charge in [0.05, 0.1) is 0 Å². The number of benzene rings is 2. The van der Waals surface area contributed by atoms with Gasteiger partial charge in [0.1, 0.15) is 0 Å². The van der Waals surface area contributed by atoms with E-state index in [2.05, 4.69) is 0 Å². The topological polar surface area (TPSA) is 57.6 Å². The van der Waals surface area contributed by atoms with E-state index in [-0.39, 0.29) is 0 Å². The van der Waals surface area contributed by atoms with E-state index in [1.54, 1.807) is 62.6 Å². The van der Waals surface area contributed by atoms with Gasteiger partial charge in [0.2, 0.25) is 6.41 Å². The first kappa shape index (κ1) is 16.2. The van der Waals surface area contributed by atoms with Crippen LogP contribution in [0.25, 0.3) is 0 Å². The molecule has 2 aromatic rings. The number of hydrogen-bond donors (Lipinski definition) is 1. The summed E-state index contributed by atoms with van der Waals surface area (Å²) in [5, 5.41) is 0.937. The molecule has 5 heteroatoms. The highest BCUT2D eigenvalue weighted by molar-refractivity contribution is 7.73. The molecule has 0 aliphatic heterocycles. The molecule has 106 valence electrons. The second kappa shape index (κ2) is 7.63. The molecular formula is C15H18NO3P. The zero-order valence-electron chi connectivity index (χ0n) is 11.5. The van der Waals surface area contributed by atoms with Crippen molar-refractivity contribution in [3.63, 3.8) is 0 Å². The van der Waals surface area contributed by atoms with E-state index < -0.39 is 7.37 Å². The van der Waals surface area contributed by atoms with Crippen molar-refractivity contribution in [1.82, 2.24) is 4.90 Å². The highest BCUT2D eigenvalue weighted by Crippen LogP contribution is 2.37. The van der Waals surface area contributed by atoms with Crippen LogP contribution >= 0.6 is 7.37 Å². The number of amides is 1. The summed E-state index contributed by atoms with van der Waals surface area (Å²) in [5.74, 6) is 0. The summed E-state index contributed by atoms with van der Waals surface area (Å²) < 4.78 is 12.2. The lowest BCUT2D eigenvalue weighted by Gasteiger charge is -2.11. The van der Waals surface area contributed by atoms with Crippen LogP contribution in [0.2, 0.25) is 0 Å². The lowest BCUT2D eigenvalue weighted by molar-refractivity contribution is -0.115. The van der Waals surface area contributed by atoms with Gasteiger partial charge in [-0.25, -0.2) is 0 Å². The molecule has 0 aromatic heterocycles. The average Bonchev–Trinajstić information content (AvgIpc) is 2.49. The molecule has 0 heterocycles. The zero-order valence-corrected chi connectivity index (χ0v) is 12.4. The smallest absolute Gasteiger partial charge is 0.258 e. The molecule has 4 nitrogen and oxygen atoms in total. The fourth-order valence-corrected chi connectivity index (χ4v) is 2.86. The van der Waals surface area contributed by atoms with Crippen molar-refractivity contribution in [3.05, 3.63) is 60.7 Å². The molecule has 0 bridgehead atoms. The molecule has 0 aliphatic rings. The fourth-order valence-electron chi connectivity index (χ4n) is 1.41. The summed E-state index contributed by atoms with van der Waals surface area (Å²) in [5.41, 5.74) is 0. The SMILES string of the molecule is CN(C)C=O.O=P(O)(c1ccccc1)c1ccccc1. The second-order valence-corrected chi connectivity index (χ2v) is 6.50. The third kappa shape index (κ3) is 4.65. The van der Waals surface area contributed by atoms with Crippen LogP contribution in [-0.4, -0.2) is 30.3 Å². The molecule has 1 amide bonds. The molecule has 1 N–H and O–H groups in total. The summed E-state index contributed by atoms with van der Waals surface area (Å²) in [6.45, 7) is 0. The minimum Gasteiger partial charge on any atom is -0.351 e.